The molecule has 3 fully saturated rings. The van der Waals surface area contributed by atoms with Crippen molar-refractivity contribution in [3.63, 3.8) is 0 Å². The van der Waals surface area contributed by atoms with Crippen LogP contribution < -0.4 is 10.0 Å². The van der Waals surface area contributed by atoms with E-state index in [1.54, 1.807) is 4.31 Å². The molecule has 2 saturated heterocycles. The van der Waals surface area contributed by atoms with E-state index < -0.39 is 10.2 Å². The fraction of sp³-hybridized carbons (Fsp3) is 1.00. The zero-order valence-corrected chi connectivity index (χ0v) is 14.2. The van der Waals surface area contributed by atoms with Crippen molar-refractivity contribution >= 4 is 22.0 Å². The van der Waals surface area contributed by atoms with Gasteiger partial charge in [-0.2, -0.15) is 24.5 Å². The summed E-state index contributed by atoms with van der Waals surface area (Å²) in [5.74, 6) is 3.25. The summed E-state index contributed by atoms with van der Waals surface area (Å²) < 4.78 is 29.3. The molecule has 1 saturated carbocycles. The molecular weight excluding hydrogens is 306 g/mol. The summed E-state index contributed by atoms with van der Waals surface area (Å²) in [5.41, 5.74) is 0. The van der Waals surface area contributed by atoms with Crippen LogP contribution in [-0.4, -0.2) is 56.4 Å². The van der Waals surface area contributed by atoms with Gasteiger partial charge in [-0.3, -0.25) is 0 Å². The smallest absolute Gasteiger partial charge is 0.279 e. The number of thioether (sulfide) groups is 1. The van der Waals surface area contributed by atoms with Crippen LogP contribution in [0.5, 0.6) is 0 Å². The molecule has 2 unspecified atom stereocenters. The molecule has 3 aliphatic rings. The molecule has 5 nitrogen and oxygen atoms in total. The van der Waals surface area contributed by atoms with Crippen LogP contribution in [0.15, 0.2) is 0 Å². The van der Waals surface area contributed by atoms with Gasteiger partial charge in [0.1, 0.15) is 0 Å². The summed E-state index contributed by atoms with van der Waals surface area (Å²) in [6, 6.07) is 0.704. The van der Waals surface area contributed by atoms with E-state index in [1.165, 1.54) is 18.6 Å². The second-order valence-corrected chi connectivity index (χ2v) is 9.54. The summed E-state index contributed by atoms with van der Waals surface area (Å²) in [4.78, 5) is 0. The number of piperidine rings is 1. The standard InChI is InChI=1S/C14H27N3O2S2/c18-21(19,16-9-13-5-7-20-11-13)17-6-1-2-12(10-17)8-15-14-3-4-14/h12-16H,1-11H2. The fourth-order valence-electron chi connectivity index (χ4n) is 3.09. The Morgan fingerprint density at radius 1 is 1.10 bits per heavy atom. The molecule has 0 aromatic rings. The third-order valence-electron chi connectivity index (χ3n) is 4.67. The van der Waals surface area contributed by atoms with Gasteiger partial charge in [0.2, 0.25) is 0 Å². The Bertz CT molecular complexity index is 434. The lowest BCUT2D eigenvalue weighted by Gasteiger charge is -2.32. The summed E-state index contributed by atoms with van der Waals surface area (Å²) in [6.07, 6.45) is 5.84. The molecule has 0 aromatic heterocycles. The topological polar surface area (TPSA) is 61.4 Å². The van der Waals surface area contributed by atoms with Crippen molar-refractivity contribution in [1.82, 2.24) is 14.3 Å². The average Bonchev–Trinajstić information content (AvgIpc) is 3.17. The molecule has 2 aliphatic heterocycles. The second kappa shape index (κ2) is 7.17. The van der Waals surface area contributed by atoms with Crippen LogP contribution in [0.25, 0.3) is 0 Å². The molecule has 7 heteroatoms. The first-order valence-electron chi connectivity index (χ1n) is 8.19. The molecule has 2 heterocycles. The van der Waals surface area contributed by atoms with E-state index in [2.05, 4.69) is 10.0 Å². The predicted molar refractivity (Wildman–Crippen MR) is 87.7 cm³/mol. The normalized spacial score (nSPS) is 31.6. The summed E-state index contributed by atoms with van der Waals surface area (Å²) >= 11 is 1.93. The van der Waals surface area contributed by atoms with Crippen LogP contribution >= 0.6 is 11.8 Å². The van der Waals surface area contributed by atoms with Gasteiger partial charge in [-0.1, -0.05) is 0 Å². The lowest BCUT2D eigenvalue weighted by atomic mass is 10.00. The summed E-state index contributed by atoms with van der Waals surface area (Å²) in [5, 5.41) is 3.53. The molecule has 0 aromatic carbocycles. The Hall–Kier alpha value is 0.180. The highest BCUT2D eigenvalue weighted by molar-refractivity contribution is 7.99. The number of rotatable bonds is 7. The van der Waals surface area contributed by atoms with Crippen LogP contribution in [0.3, 0.4) is 0 Å². The van der Waals surface area contributed by atoms with E-state index in [4.69, 9.17) is 0 Å². The Kier molecular flexibility index (Phi) is 5.48. The highest BCUT2D eigenvalue weighted by Crippen LogP contribution is 2.24. The minimum atomic E-state index is -3.28. The monoisotopic (exact) mass is 333 g/mol. The molecule has 3 rings (SSSR count). The molecule has 0 bridgehead atoms. The Morgan fingerprint density at radius 3 is 2.67 bits per heavy atom. The maximum atomic E-state index is 12.4. The predicted octanol–water partition coefficient (Wildman–Crippen LogP) is 1.04. The van der Waals surface area contributed by atoms with Crippen molar-refractivity contribution in [3.8, 4) is 0 Å². The quantitative estimate of drug-likeness (QED) is 0.731. The molecule has 2 N–H and O–H groups in total. The van der Waals surface area contributed by atoms with Gasteiger partial charge in [0, 0.05) is 25.7 Å². The molecule has 2 atom stereocenters. The van der Waals surface area contributed by atoms with Gasteiger partial charge >= 0.3 is 0 Å². The Balaban J connectivity index is 1.46. The maximum Gasteiger partial charge on any atom is 0.279 e. The van der Waals surface area contributed by atoms with Crippen LogP contribution in [0.2, 0.25) is 0 Å². The van der Waals surface area contributed by atoms with E-state index in [1.807, 2.05) is 11.8 Å². The van der Waals surface area contributed by atoms with Crippen molar-refractivity contribution in [3.05, 3.63) is 0 Å². The number of hydrogen-bond acceptors (Lipinski definition) is 4. The second-order valence-electron chi connectivity index (χ2n) is 6.63. The SMILES string of the molecule is O=S(=O)(NCC1CCSC1)N1CCCC(CNC2CC2)C1. The van der Waals surface area contributed by atoms with E-state index >= 15 is 0 Å². The number of nitrogens with one attached hydrogen (secondary N) is 2. The van der Waals surface area contributed by atoms with Gasteiger partial charge in [0.15, 0.2) is 0 Å². The Morgan fingerprint density at radius 2 is 1.95 bits per heavy atom. The molecule has 21 heavy (non-hydrogen) atoms. The number of nitrogens with zero attached hydrogens (tertiary/aromatic N) is 1. The van der Waals surface area contributed by atoms with Gasteiger partial charge in [-0.05, 0) is 62.0 Å². The van der Waals surface area contributed by atoms with Crippen molar-refractivity contribution in [2.75, 3.05) is 37.7 Å². The lowest BCUT2D eigenvalue weighted by Crippen LogP contribution is -2.48. The fourth-order valence-corrected chi connectivity index (χ4v) is 5.78. The average molecular weight is 334 g/mol. The molecule has 0 amide bonds. The first-order valence-corrected chi connectivity index (χ1v) is 10.8. The maximum absolute atomic E-state index is 12.4. The van der Waals surface area contributed by atoms with Crippen molar-refractivity contribution in [2.24, 2.45) is 11.8 Å². The molecule has 122 valence electrons. The van der Waals surface area contributed by atoms with E-state index in [0.717, 1.165) is 31.6 Å². The minimum Gasteiger partial charge on any atom is -0.314 e. The van der Waals surface area contributed by atoms with Gasteiger partial charge in [0.25, 0.3) is 10.2 Å². The zero-order chi connectivity index (χ0) is 14.7. The van der Waals surface area contributed by atoms with Gasteiger partial charge in [-0.15, -0.1) is 0 Å². The summed E-state index contributed by atoms with van der Waals surface area (Å²) in [7, 11) is -3.28. The molecule has 0 radical (unpaired) electrons. The van der Waals surface area contributed by atoms with Crippen LogP contribution in [0, 0.1) is 11.8 Å². The highest BCUT2D eigenvalue weighted by Gasteiger charge is 2.30. The molecule has 0 spiro atoms. The van der Waals surface area contributed by atoms with Gasteiger partial charge < -0.3 is 5.32 Å². The third-order valence-corrected chi connectivity index (χ3v) is 7.45. The molecule has 1 aliphatic carbocycles. The highest BCUT2D eigenvalue weighted by atomic mass is 32.2. The van der Waals surface area contributed by atoms with E-state index in [0.29, 0.717) is 37.5 Å². The van der Waals surface area contributed by atoms with Gasteiger partial charge in [-0.25, -0.2) is 4.72 Å². The third kappa shape index (κ3) is 4.82. The number of hydrogen-bond donors (Lipinski definition) is 2. The minimum absolute atomic E-state index is 0.470. The lowest BCUT2D eigenvalue weighted by molar-refractivity contribution is 0.257. The first kappa shape index (κ1) is 16.1. The van der Waals surface area contributed by atoms with E-state index in [9.17, 15) is 8.42 Å². The molecular formula is C14H27N3O2S2. The van der Waals surface area contributed by atoms with Crippen molar-refractivity contribution < 1.29 is 8.42 Å². The largest absolute Gasteiger partial charge is 0.314 e. The zero-order valence-electron chi connectivity index (χ0n) is 12.6. The van der Waals surface area contributed by atoms with Crippen LogP contribution in [-0.2, 0) is 10.2 Å². The van der Waals surface area contributed by atoms with Crippen LogP contribution in [0.4, 0.5) is 0 Å². The van der Waals surface area contributed by atoms with Crippen LogP contribution in [0.1, 0.15) is 32.1 Å². The summed E-state index contributed by atoms with van der Waals surface area (Å²) in [6.45, 7) is 2.93. The van der Waals surface area contributed by atoms with Crippen molar-refractivity contribution in [2.45, 2.75) is 38.1 Å². The van der Waals surface area contributed by atoms with Gasteiger partial charge in [0.05, 0.1) is 0 Å². The van der Waals surface area contributed by atoms with E-state index in [-0.39, 0.29) is 0 Å². The first-order chi connectivity index (χ1) is 10.1. The van der Waals surface area contributed by atoms with Crippen molar-refractivity contribution in [1.29, 1.82) is 0 Å². The Labute approximate surface area is 132 Å².